The van der Waals surface area contributed by atoms with Crippen molar-refractivity contribution in [1.82, 2.24) is 73.1 Å². The molecule has 10 aromatic heterocycles. The van der Waals surface area contributed by atoms with Gasteiger partial charge in [-0.15, -0.1) is 0 Å². The molecule has 3 unspecified atom stereocenters. The molecule has 131 heavy (non-hydrogen) atoms. The number of carbonyl (C=O) groups excluding carboxylic acids is 1. The Labute approximate surface area is 770 Å². The molecule has 3 N–H and O–H groups in total. The maximum Gasteiger partial charge on any atom is 0.433 e. The minimum absolute atomic E-state index is 0.0705. The van der Waals surface area contributed by atoms with Crippen LogP contribution in [0.2, 0.25) is 20.2 Å². The number of nitrogens with zero attached hydrogens (tertiary/aromatic N) is 16. The monoisotopic (exact) mass is 1850 g/mol. The normalized spacial score (nSPS) is 14.0. The van der Waals surface area contributed by atoms with Crippen LogP contribution in [0.15, 0.2) is 275 Å². The topological polar surface area (TPSA) is 234 Å². The molecular weight excluding hydrogens is 1760 g/mol. The number of piperidine rings is 1. The molecule has 7 aromatic carbocycles. The summed E-state index contributed by atoms with van der Waals surface area (Å²) in [4.78, 5) is 46.0. The number of likely N-dealkylation sites (tertiary alicyclic amines) is 1. The van der Waals surface area contributed by atoms with E-state index >= 15 is 0 Å². The van der Waals surface area contributed by atoms with Crippen molar-refractivity contribution in [3.05, 3.63) is 390 Å². The Morgan fingerprint density at radius 1 is 0.496 bits per heavy atom. The minimum atomic E-state index is -4.63. The third-order valence-corrected chi connectivity index (χ3v) is 25.8. The molecule has 1 aliphatic rings. The molecule has 11 heterocycles. The van der Waals surface area contributed by atoms with Crippen LogP contribution in [0, 0.1) is 12.8 Å². The molecule has 17 aromatic rings. The molecule has 1 fully saturated rings. The number of pyridine rings is 5. The zero-order valence-electron chi connectivity index (χ0n) is 72.0. The van der Waals surface area contributed by atoms with Gasteiger partial charge < -0.3 is 43.6 Å². The van der Waals surface area contributed by atoms with Crippen LogP contribution < -0.4 is 9.64 Å². The van der Waals surface area contributed by atoms with Crippen molar-refractivity contribution in [1.29, 1.82) is 0 Å². The van der Waals surface area contributed by atoms with Gasteiger partial charge in [0.2, 0.25) is 11.8 Å². The molecule has 1 aliphatic heterocycles. The van der Waals surface area contributed by atoms with Crippen molar-refractivity contribution in [3.8, 4) is 22.9 Å². The first-order valence-electron chi connectivity index (χ1n) is 42.1. The van der Waals surface area contributed by atoms with Crippen molar-refractivity contribution < 1.29 is 51.2 Å². The van der Waals surface area contributed by atoms with Gasteiger partial charge in [0.25, 0.3) is 0 Å². The molecule has 1 amide bonds. The quantitative estimate of drug-likeness (QED) is 0.0423. The summed E-state index contributed by atoms with van der Waals surface area (Å²) in [6.07, 6.45) is 12.8. The lowest BCUT2D eigenvalue weighted by Gasteiger charge is -2.42. The number of aryl methyl sites for hydroxylation is 3. The van der Waals surface area contributed by atoms with Crippen LogP contribution in [0.25, 0.3) is 49.8 Å². The van der Waals surface area contributed by atoms with Gasteiger partial charge in [-0.25, -0.2) is 34.3 Å². The molecule has 0 aliphatic carbocycles. The number of imidazole rings is 2. The summed E-state index contributed by atoms with van der Waals surface area (Å²) in [5.74, 6) is 1.25. The molecule has 0 spiro atoms. The van der Waals surface area contributed by atoms with Gasteiger partial charge in [-0.3, -0.25) is 14.8 Å². The molecule has 31 heteroatoms. The Bertz CT molecular complexity index is 6920. The highest BCUT2D eigenvalue weighted by Crippen LogP contribution is 2.48. The number of benzene rings is 7. The number of halogens is 10. The lowest BCUT2D eigenvalue weighted by Crippen LogP contribution is -2.45. The molecule has 668 valence electrons. The first-order valence-corrected chi connectivity index (χ1v) is 43.6. The fourth-order valence-electron chi connectivity index (χ4n) is 17.2. The number of aliphatic hydroxyl groups is 3. The standard InChI is InChI=1S/C35H34ClN3O3.C34H31ClF3N7O.C31H23Cl2F3N6O/c1-24(40)38-20-16-27(17-21-38)35(41,26-8-4-3-5-9-26)28-12-15-32-30(23-28)33(36)31(34(37-32)42-2)22-25-10-13-29(14-11-25)39-18-6-7-19-39;1-4-44(5-2)32-27(17-22-7-11-25(12-8-22)45-16-6-15-41-45)31(35)26-18-23(9-13-28(26)42-32)33(46,30-20-39-21-43(30)3)24-10-14-29(40-19-24)34(36,37)38;1-18-12-21(30(43,26-16-37-17-41(26)2)20-6-9-25(38-15-20)31(34,35)36)14-23-27(32)24(29(33)40-28(18)23)13-19-4-7-22(8-5-19)42-11-3-10-39-42/h3-15,18-19,23,27,41H,16-17,20-22H2,1-2H3;6-16,18-21,46H,4-5,17H2,1-3H3;3-12,14-17,43H,13H2,1-2H3. The van der Waals surface area contributed by atoms with Gasteiger partial charge in [-0.05, 0) is 187 Å². The fraction of sp³-hybridized carbons (Fsp3) is 0.220. The Morgan fingerprint density at radius 3 is 1.44 bits per heavy atom. The van der Waals surface area contributed by atoms with E-state index in [1.165, 1.54) is 37.2 Å². The van der Waals surface area contributed by atoms with E-state index in [0.29, 0.717) is 127 Å². The van der Waals surface area contributed by atoms with Crippen LogP contribution in [0.4, 0.5) is 32.2 Å². The number of fused-ring (bicyclic) bond motifs is 3. The van der Waals surface area contributed by atoms with E-state index in [-0.39, 0.29) is 28.1 Å². The van der Waals surface area contributed by atoms with Gasteiger partial charge in [0.15, 0.2) is 11.2 Å². The van der Waals surface area contributed by atoms with Gasteiger partial charge in [-0.2, -0.15) is 36.5 Å². The molecule has 0 saturated carbocycles. The van der Waals surface area contributed by atoms with E-state index in [2.05, 4.69) is 82.7 Å². The Kier molecular flexibility index (Phi) is 26.3. The van der Waals surface area contributed by atoms with Gasteiger partial charge in [0.1, 0.15) is 28.0 Å². The van der Waals surface area contributed by atoms with E-state index in [1.54, 1.807) is 96.3 Å². The Balaban J connectivity index is 0.000000144. The second-order valence-corrected chi connectivity index (χ2v) is 33.6. The highest BCUT2D eigenvalue weighted by Gasteiger charge is 2.45. The van der Waals surface area contributed by atoms with E-state index in [1.807, 2.05) is 151 Å². The summed E-state index contributed by atoms with van der Waals surface area (Å²) in [6.45, 7) is 10.2. The third-order valence-electron chi connectivity index (χ3n) is 24.2. The predicted molar refractivity (Wildman–Crippen MR) is 495 cm³/mol. The number of ether oxygens (including phenoxy) is 1. The molecular formula is C100H88Cl4F6N16O5. The number of alkyl halides is 6. The second-order valence-electron chi connectivity index (χ2n) is 32.2. The summed E-state index contributed by atoms with van der Waals surface area (Å²) < 4.78 is 94.4. The largest absolute Gasteiger partial charge is 0.481 e. The summed E-state index contributed by atoms with van der Waals surface area (Å²) in [5, 5.41) is 49.4. The van der Waals surface area contributed by atoms with Crippen molar-refractivity contribution in [3.63, 3.8) is 0 Å². The SMILES string of the molecule is CCN(CC)c1nc2ccc(C(O)(c3ccc(C(F)(F)F)nc3)c3cncn3C)cc2c(Cl)c1Cc1ccc(-n2cccn2)cc1.COc1nc2ccc(C(O)(c3ccccc3)C3CCN(C(C)=O)CC3)cc2c(Cl)c1Cc1ccc(-n2cccc2)cc1.Cc1cc(C(O)(c2ccc(C(F)(F)F)nc2)c2cncn2C)cc2c(Cl)c(Cc3ccc(-n4cccn4)cc3)c(Cl)nc12. The Hall–Kier alpha value is -13.1. The van der Waals surface area contributed by atoms with Crippen LogP contribution in [0.5, 0.6) is 5.88 Å². The lowest BCUT2D eigenvalue weighted by atomic mass is 9.72. The molecule has 21 nitrogen and oxygen atoms in total. The summed E-state index contributed by atoms with van der Waals surface area (Å²) in [6, 6.07) is 60.2. The number of anilines is 1. The first kappa shape index (κ1) is 91.2. The van der Waals surface area contributed by atoms with Gasteiger partial charge >= 0.3 is 12.4 Å². The number of carbonyl (C=O) groups is 1. The van der Waals surface area contributed by atoms with Crippen molar-refractivity contribution in [2.24, 2.45) is 20.0 Å². The van der Waals surface area contributed by atoms with Gasteiger partial charge in [0.05, 0.1) is 86.5 Å². The summed E-state index contributed by atoms with van der Waals surface area (Å²) in [5.41, 5.74) is 6.73. The third kappa shape index (κ3) is 18.4. The van der Waals surface area contributed by atoms with Crippen LogP contribution in [0.3, 0.4) is 0 Å². The smallest absolute Gasteiger partial charge is 0.433 e. The van der Waals surface area contributed by atoms with Crippen molar-refractivity contribution in [2.75, 3.05) is 38.2 Å². The van der Waals surface area contributed by atoms with E-state index < -0.39 is 40.5 Å². The van der Waals surface area contributed by atoms with E-state index in [9.17, 15) is 46.5 Å². The molecule has 1 saturated heterocycles. The highest BCUT2D eigenvalue weighted by molar-refractivity contribution is 6.39. The highest BCUT2D eigenvalue weighted by atomic mass is 35.5. The zero-order chi connectivity index (χ0) is 92.4. The molecule has 0 radical (unpaired) electrons. The average Bonchev–Trinajstić information content (AvgIpc) is 1.73. The van der Waals surface area contributed by atoms with Crippen LogP contribution >= 0.6 is 46.4 Å². The fourth-order valence-corrected chi connectivity index (χ4v) is 18.4. The number of rotatable bonds is 22. The maximum atomic E-state index is 13.3. The number of methoxy groups -OCH3 is 1. The number of hydrogen-bond donors (Lipinski definition) is 3. The van der Waals surface area contributed by atoms with Crippen LogP contribution in [0.1, 0.15) is 129 Å². The molecule has 18 rings (SSSR count). The number of aromatic nitrogens is 14. The van der Waals surface area contributed by atoms with Gasteiger partial charge in [-0.1, -0.05) is 143 Å². The molecule has 0 bridgehead atoms. The summed E-state index contributed by atoms with van der Waals surface area (Å²) in [7, 11) is 4.99. The van der Waals surface area contributed by atoms with Crippen LogP contribution in [-0.2, 0) is 67.3 Å². The second kappa shape index (κ2) is 37.8. The zero-order valence-corrected chi connectivity index (χ0v) is 75.0. The Morgan fingerprint density at radius 2 is 0.962 bits per heavy atom. The first-order chi connectivity index (χ1) is 62.9. The van der Waals surface area contributed by atoms with E-state index in [4.69, 9.17) is 61.1 Å². The van der Waals surface area contributed by atoms with Gasteiger partial charge in [0, 0.05) is 166 Å². The van der Waals surface area contributed by atoms with E-state index in [0.717, 1.165) is 105 Å². The van der Waals surface area contributed by atoms with Crippen molar-refractivity contribution in [2.45, 2.75) is 89.0 Å². The average molecular weight is 1850 g/mol. The summed E-state index contributed by atoms with van der Waals surface area (Å²) >= 11 is 28.0. The number of hydrogen-bond acceptors (Lipinski definition) is 15. The number of amides is 1. The van der Waals surface area contributed by atoms with Crippen LogP contribution in [-0.4, -0.2) is 128 Å². The maximum absolute atomic E-state index is 13.3. The molecule has 3 atom stereocenters. The lowest BCUT2D eigenvalue weighted by molar-refractivity contribution is -0.142. The predicted octanol–water partition coefficient (Wildman–Crippen LogP) is 20.8. The minimum Gasteiger partial charge on any atom is -0.481 e. The van der Waals surface area contributed by atoms with Crippen molar-refractivity contribution >= 4 is 90.8 Å².